The fourth-order valence-corrected chi connectivity index (χ4v) is 4.71. The maximum absolute atomic E-state index is 12.7. The van der Waals surface area contributed by atoms with Crippen molar-refractivity contribution >= 4 is 21.8 Å². The molecule has 24 heavy (non-hydrogen) atoms. The van der Waals surface area contributed by atoms with Crippen molar-refractivity contribution in [1.82, 2.24) is 18.8 Å². The molecule has 0 aliphatic carbocycles. The molecule has 0 bridgehead atoms. The van der Waals surface area contributed by atoms with Gasteiger partial charge in [-0.15, -0.1) is 0 Å². The van der Waals surface area contributed by atoms with Gasteiger partial charge < -0.3 is 0 Å². The van der Waals surface area contributed by atoms with Crippen molar-refractivity contribution in [1.29, 1.82) is 0 Å². The van der Waals surface area contributed by atoms with Gasteiger partial charge in [-0.25, -0.2) is 18.4 Å². The van der Waals surface area contributed by atoms with Crippen molar-refractivity contribution < 1.29 is 17.2 Å². The third kappa shape index (κ3) is 3.60. The van der Waals surface area contributed by atoms with E-state index < -0.39 is 16.6 Å². The van der Waals surface area contributed by atoms with Crippen LogP contribution in [0.2, 0.25) is 0 Å². The van der Waals surface area contributed by atoms with E-state index in [1.165, 1.54) is 40.7 Å². The lowest BCUT2D eigenvalue weighted by molar-refractivity contribution is 0.0678. The Balaban J connectivity index is 1.67. The molecular formula is C14H16F2N4O2S2. The van der Waals surface area contributed by atoms with Gasteiger partial charge in [0.15, 0.2) is 0 Å². The highest BCUT2D eigenvalue weighted by Gasteiger charge is 2.27. The molecule has 2 aromatic rings. The predicted octanol–water partition coefficient (Wildman–Crippen LogP) is 2.75. The molecule has 3 rings (SSSR count). The van der Waals surface area contributed by atoms with Gasteiger partial charge in [0.05, 0.1) is 10.8 Å². The highest BCUT2D eigenvalue weighted by atomic mass is 32.2. The van der Waals surface area contributed by atoms with E-state index in [2.05, 4.69) is 9.97 Å². The highest BCUT2D eigenvalue weighted by Crippen LogP contribution is 2.25. The van der Waals surface area contributed by atoms with E-state index in [1.807, 2.05) is 0 Å². The van der Waals surface area contributed by atoms with Gasteiger partial charge in [0.2, 0.25) is 10.0 Å². The van der Waals surface area contributed by atoms with Gasteiger partial charge in [-0.2, -0.15) is 13.1 Å². The van der Waals surface area contributed by atoms with E-state index in [0.29, 0.717) is 18.1 Å². The summed E-state index contributed by atoms with van der Waals surface area (Å²) in [4.78, 5) is 8.17. The molecule has 1 aliphatic rings. The maximum Gasteiger partial charge on any atom is 0.319 e. The second-order valence-corrected chi connectivity index (χ2v) is 8.19. The number of pyridine rings is 1. The van der Waals surface area contributed by atoms with Crippen molar-refractivity contribution in [3.8, 4) is 0 Å². The molecule has 0 amide bonds. The standard InChI is InChI=1S/C14H16F2N4O2S2/c15-14(16)20-8-5-17-12(20)10-23-13-4-3-11(9-18-13)24(21,22)19-6-1-2-7-19/h3-5,8-9,14H,1-2,6-7,10H2. The zero-order valence-electron chi connectivity index (χ0n) is 12.7. The van der Waals surface area contributed by atoms with Crippen LogP contribution in [-0.4, -0.2) is 40.3 Å². The summed E-state index contributed by atoms with van der Waals surface area (Å²) in [6, 6.07) is 3.09. The number of hydrogen-bond donors (Lipinski definition) is 0. The molecule has 2 aromatic heterocycles. The van der Waals surface area contributed by atoms with E-state index in [4.69, 9.17) is 0 Å². The monoisotopic (exact) mass is 374 g/mol. The molecule has 0 N–H and O–H groups in total. The summed E-state index contributed by atoms with van der Waals surface area (Å²) < 4.78 is 52.5. The summed E-state index contributed by atoms with van der Waals surface area (Å²) in [5.74, 6) is 0.466. The third-order valence-electron chi connectivity index (χ3n) is 3.72. The quantitative estimate of drug-likeness (QED) is 0.728. The molecular weight excluding hydrogens is 358 g/mol. The number of imidazole rings is 1. The summed E-state index contributed by atoms with van der Waals surface area (Å²) in [7, 11) is -3.49. The SMILES string of the molecule is O=S(=O)(c1ccc(SCc2nccn2C(F)F)nc1)N1CCCC1. The van der Waals surface area contributed by atoms with E-state index in [-0.39, 0.29) is 16.5 Å². The second-order valence-electron chi connectivity index (χ2n) is 5.26. The summed E-state index contributed by atoms with van der Waals surface area (Å²) in [5, 5.41) is 0.555. The first-order valence-corrected chi connectivity index (χ1v) is 9.80. The zero-order valence-corrected chi connectivity index (χ0v) is 14.3. The zero-order chi connectivity index (χ0) is 17.2. The van der Waals surface area contributed by atoms with E-state index >= 15 is 0 Å². The first-order valence-electron chi connectivity index (χ1n) is 7.37. The van der Waals surface area contributed by atoms with Crippen LogP contribution in [0.1, 0.15) is 25.2 Å². The Kier molecular flexibility index (Phi) is 5.16. The fourth-order valence-electron chi connectivity index (χ4n) is 2.45. The van der Waals surface area contributed by atoms with Gasteiger partial charge in [0.25, 0.3) is 0 Å². The van der Waals surface area contributed by atoms with Crippen LogP contribution in [-0.2, 0) is 15.8 Å². The molecule has 1 aliphatic heterocycles. The second kappa shape index (κ2) is 7.16. The van der Waals surface area contributed by atoms with E-state index in [9.17, 15) is 17.2 Å². The topological polar surface area (TPSA) is 68.1 Å². The smallest absolute Gasteiger partial charge is 0.277 e. The molecule has 0 unspecified atom stereocenters. The number of thioether (sulfide) groups is 1. The first kappa shape index (κ1) is 17.3. The molecule has 1 saturated heterocycles. The van der Waals surface area contributed by atoms with Crippen LogP contribution in [0, 0.1) is 0 Å². The maximum atomic E-state index is 12.7. The van der Waals surface area contributed by atoms with Crippen molar-refractivity contribution in [2.45, 2.75) is 35.1 Å². The number of hydrogen-bond acceptors (Lipinski definition) is 5. The molecule has 130 valence electrons. The Morgan fingerprint density at radius 2 is 1.96 bits per heavy atom. The molecule has 0 radical (unpaired) electrons. The van der Waals surface area contributed by atoms with Crippen molar-refractivity contribution in [2.75, 3.05) is 13.1 Å². The van der Waals surface area contributed by atoms with Crippen LogP contribution in [0.3, 0.4) is 0 Å². The Hall–Kier alpha value is -1.52. The lowest BCUT2D eigenvalue weighted by atomic mass is 10.4. The highest BCUT2D eigenvalue weighted by molar-refractivity contribution is 7.98. The average molecular weight is 374 g/mol. The summed E-state index contributed by atoms with van der Waals surface area (Å²) in [5.41, 5.74) is 0. The molecule has 3 heterocycles. The molecule has 0 spiro atoms. The van der Waals surface area contributed by atoms with Crippen molar-refractivity contribution in [3.63, 3.8) is 0 Å². The number of alkyl halides is 2. The average Bonchev–Trinajstić information content (AvgIpc) is 3.25. The number of nitrogens with zero attached hydrogens (tertiary/aromatic N) is 4. The van der Waals surface area contributed by atoms with Crippen LogP contribution in [0.15, 0.2) is 40.6 Å². The first-order chi connectivity index (χ1) is 11.5. The summed E-state index contributed by atoms with van der Waals surface area (Å²) in [6.45, 7) is -1.56. The van der Waals surface area contributed by atoms with Crippen molar-refractivity contribution in [3.05, 3.63) is 36.5 Å². The molecule has 0 atom stereocenters. The van der Waals surface area contributed by atoms with Gasteiger partial charge in [-0.3, -0.25) is 4.57 Å². The van der Waals surface area contributed by atoms with Crippen LogP contribution in [0.25, 0.3) is 0 Å². The van der Waals surface area contributed by atoms with Crippen LogP contribution < -0.4 is 0 Å². The minimum absolute atomic E-state index is 0.155. The summed E-state index contributed by atoms with van der Waals surface area (Å²) in [6.07, 6.45) is 5.60. The largest absolute Gasteiger partial charge is 0.319 e. The Labute approximate surface area is 143 Å². The lowest BCUT2D eigenvalue weighted by Crippen LogP contribution is -2.27. The van der Waals surface area contributed by atoms with Crippen molar-refractivity contribution in [2.24, 2.45) is 0 Å². The number of sulfonamides is 1. The Morgan fingerprint density at radius 3 is 2.58 bits per heavy atom. The van der Waals surface area contributed by atoms with Gasteiger partial charge in [0.1, 0.15) is 10.7 Å². The molecule has 6 nitrogen and oxygen atoms in total. The fraction of sp³-hybridized carbons (Fsp3) is 0.429. The van der Waals surface area contributed by atoms with Gasteiger partial charge in [-0.05, 0) is 25.0 Å². The van der Waals surface area contributed by atoms with Crippen LogP contribution >= 0.6 is 11.8 Å². The third-order valence-corrected chi connectivity index (χ3v) is 6.54. The van der Waals surface area contributed by atoms with Gasteiger partial charge >= 0.3 is 6.55 Å². The lowest BCUT2D eigenvalue weighted by Gasteiger charge is -2.15. The molecule has 1 fully saturated rings. The predicted molar refractivity (Wildman–Crippen MR) is 85.3 cm³/mol. The van der Waals surface area contributed by atoms with Gasteiger partial charge in [0, 0.05) is 31.7 Å². The molecule has 0 saturated carbocycles. The van der Waals surface area contributed by atoms with E-state index in [0.717, 1.165) is 17.4 Å². The molecule has 10 heteroatoms. The minimum atomic E-state index is -3.49. The van der Waals surface area contributed by atoms with Gasteiger partial charge in [-0.1, -0.05) is 11.8 Å². The number of rotatable bonds is 6. The van der Waals surface area contributed by atoms with Crippen LogP contribution in [0.4, 0.5) is 8.78 Å². The number of halogens is 2. The Morgan fingerprint density at radius 1 is 1.21 bits per heavy atom. The normalized spacial score (nSPS) is 16.1. The molecule has 0 aromatic carbocycles. The number of aromatic nitrogens is 3. The van der Waals surface area contributed by atoms with E-state index in [1.54, 1.807) is 6.07 Å². The van der Waals surface area contributed by atoms with Crippen LogP contribution in [0.5, 0.6) is 0 Å². The Bertz CT molecular complexity index is 787. The summed E-state index contributed by atoms with van der Waals surface area (Å²) >= 11 is 1.23. The minimum Gasteiger partial charge on any atom is -0.277 e.